The van der Waals surface area contributed by atoms with Crippen molar-refractivity contribution >= 4 is 5.82 Å². The van der Waals surface area contributed by atoms with Crippen LogP contribution in [0.1, 0.15) is 16.7 Å². The first-order chi connectivity index (χ1) is 8.80. The van der Waals surface area contributed by atoms with Crippen LogP contribution in [0.2, 0.25) is 0 Å². The van der Waals surface area contributed by atoms with Crippen LogP contribution < -0.4 is 5.73 Å². The summed E-state index contributed by atoms with van der Waals surface area (Å²) < 4.78 is 37.9. The number of nitrogens with two attached hydrogens (primary N) is 1. The van der Waals surface area contributed by atoms with Gasteiger partial charge in [0.05, 0.1) is 5.56 Å². The first kappa shape index (κ1) is 13.4. The highest BCUT2D eigenvalue weighted by atomic mass is 19.4. The van der Waals surface area contributed by atoms with E-state index in [1.165, 1.54) is 6.07 Å². The molecular formula is C14H13F3N2. The molecule has 1 aromatic heterocycles. The minimum Gasteiger partial charge on any atom is -0.383 e. The van der Waals surface area contributed by atoms with E-state index in [1.807, 2.05) is 6.92 Å². The Morgan fingerprint density at radius 1 is 1.05 bits per heavy atom. The Morgan fingerprint density at radius 3 is 2.26 bits per heavy atom. The fraction of sp³-hybridized carbons (Fsp3) is 0.214. The van der Waals surface area contributed by atoms with E-state index < -0.39 is 11.7 Å². The highest BCUT2D eigenvalue weighted by molar-refractivity contribution is 5.79. The van der Waals surface area contributed by atoms with Gasteiger partial charge in [-0.1, -0.05) is 6.07 Å². The van der Waals surface area contributed by atoms with Gasteiger partial charge < -0.3 is 5.73 Å². The Bertz CT molecular complexity index is 598. The molecule has 0 fully saturated rings. The monoisotopic (exact) mass is 266 g/mol. The number of rotatable bonds is 1. The van der Waals surface area contributed by atoms with E-state index in [1.54, 1.807) is 19.2 Å². The van der Waals surface area contributed by atoms with Crippen molar-refractivity contribution in [3.05, 3.63) is 47.2 Å². The minimum absolute atomic E-state index is 0.322. The SMILES string of the molecule is Cc1cc(C(F)(F)F)ccc1-c1c(C)ccnc1N. The standard InChI is InChI=1S/C14H13F3N2/c1-8-5-6-19-13(18)12(8)11-4-3-10(7-9(11)2)14(15,16)17/h3-7H,1-2H3,(H2,18,19). The molecule has 0 saturated heterocycles. The maximum absolute atomic E-state index is 12.6. The highest BCUT2D eigenvalue weighted by Crippen LogP contribution is 2.35. The van der Waals surface area contributed by atoms with Gasteiger partial charge in [0.1, 0.15) is 5.82 Å². The predicted octanol–water partition coefficient (Wildman–Crippen LogP) is 3.97. The van der Waals surface area contributed by atoms with Crippen LogP contribution in [-0.2, 0) is 6.18 Å². The van der Waals surface area contributed by atoms with Gasteiger partial charge in [0.25, 0.3) is 0 Å². The Morgan fingerprint density at radius 2 is 1.74 bits per heavy atom. The number of hydrogen-bond acceptors (Lipinski definition) is 2. The molecule has 2 nitrogen and oxygen atoms in total. The number of benzene rings is 1. The molecule has 1 heterocycles. The van der Waals surface area contributed by atoms with E-state index in [0.717, 1.165) is 17.7 Å². The van der Waals surface area contributed by atoms with Gasteiger partial charge >= 0.3 is 6.18 Å². The zero-order chi connectivity index (χ0) is 14.2. The molecule has 0 amide bonds. The van der Waals surface area contributed by atoms with Gasteiger partial charge in [-0.25, -0.2) is 4.98 Å². The van der Waals surface area contributed by atoms with Crippen molar-refractivity contribution in [1.82, 2.24) is 4.98 Å². The molecule has 100 valence electrons. The van der Waals surface area contributed by atoms with Crippen LogP contribution in [0, 0.1) is 13.8 Å². The number of nitrogen functional groups attached to an aromatic ring is 1. The molecule has 2 rings (SSSR count). The lowest BCUT2D eigenvalue weighted by Gasteiger charge is -2.14. The smallest absolute Gasteiger partial charge is 0.383 e. The van der Waals surface area contributed by atoms with Crippen molar-refractivity contribution in [3.8, 4) is 11.1 Å². The summed E-state index contributed by atoms with van der Waals surface area (Å²) >= 11 is 0. The zero-order valence-electron chi connectivity index (χ0n) is 10.5. The van der Waals surface area contributed by atoms with Crippen molar-refractivity contribution in [2.24, 2.45) is 0 Å². The lowest BCUT2D eigenvalue weighted by Crippen LogP contribution is -2.05. The average molecular weight is 266 g/mol. The number of anilines is 1. The molecule has 0 radical (unpaired) electrons. The second-order valence-corrected chi connectivity index (χ2v) is 4.42. The normalized spacial score (nSPS) is 11.6. The van der Waals surface area contributed by atoms with Gasteiger partial charge in [-0.2, -0.15) is 13.2 Å². The highest BCUT2D eigenvalue weighted by Gasteiger charge is 2.30. The zero-order valence-corrected chi connectivity index (χ0v) is 10.5. The van der Waals surface area contributed by atoms with Crippen LogP contribution in [0.3, 0.4) is 0 Å². The topological polar surface area (TPSA) is 38.9 Å². The number of halogens is 3. The van der Waals surface area contributed by atoms with Crippen molar-refractivity contribution in [3.63, 3.8) is 0 Å². The maximum atomic E-state index is 12.6. The van der Waals surface area contributed by atoms with E-state index in [4.69, 9.17) is 5.73 Å². The summed E-state index contributed by atoms with van der Waals surface area (Å²) in [5.41, 5.74) is 7.93. The fourth-order valence-corrected chi connectivity index (χ4v) is 2.05. The van der Waals surface area contributed by atoms with Gasteiger partial charge in [0.2, 0.25) is 0 Å². The van der Waals surface area contributed by atoms with E-state index in [2.05, 4.69) is 4.98 Å². The Balaban J connectivity index is 2.59. The molecule has 2 aromatic rings. The second kappa shape index (κ2) is 4.57. The van der Waals surface area contributed by atoms with Crippen LogP contribution in [0.4, 0.5) is 19.0 Å². The molecule has 5 heteroatoms. The molecule has 0 aliphatic heterocycles. The molecule has 0 saturated carbocycles. The Labute approximate surface area is 109 Å². The maximum Gasteiger partial charge on any atom is 0.416 e. The number of hydrogen-bond donors (Lipinski definition) is 1. The summed E-state index contributed by atoms with van der Waals surface area (Å²) in [6.45, 7) is 3.49. The van der Waals surface area contributed by atoms with Crippen molar-refractivity contribution in [2.45, 2.75) is 20.0 Å². The first-order valence-electron chi connectivity index (χ1n) is 5.70. The minimum atomic E-state index is -4.33. The van der Waals surface area contributed by atoms with Gasteiger partial charge in [0, 0.05) is 11.8 Å². The molecule has 0 bridgehead atoms. The summed E-state index contributed by atoms with van der Waals surface area (Å²) in [7, 11) is 0. The molecule has 0 atom stereocenters. The van der Waals surface area contributed by atoms with Crippen LogP contribution in [0.5, 0.6) is 0 Å². The first-order valence-corrected chi connectivity index (χ1v) is 5.70. The lowest BCUT2D eigenvalue weighted by atomic mass is 9.95. The summed E-state index contributed by atoms with van der Waals surface area (Å²) in [6.07, 6.45) is -2.76. The third-order valence-electron chi connectivity index (χ3n) is 3.01. The largest absolute Gasteiger partial charge is 0.416 e. The number of aromatic nitrogens is 1. The van der Waals surface area contributed by atoms with Crippen LogP contribution >= 0.6 is 0 Å². The second-order valence-electron chi connectivity index (χ2n) is 4.42. The Hall–Kier alpha value is -2.04. The summed E-state index contributed by atoms with van der Waals surface area (Å²) in [5, 5.41) is 0. The van der Waals surface area contributed by atoms with Crippen LogP contribution in [0.15, 0.2) is 30.5 Å². The predicted molar refractivity (Wildman–Crippen MR) is 68.6 cm³/mol. The quantitative estimate of drug-likeness (QED) is 0.848. The van der Waals surface area contributed by atoms with Crippen molar-refractivity contribution in [1.29, 1.82) is 0 Å². The van der Waals surface area contributed by atoms with Crippen molar-refractivity contribution in [2.75, 3.05) is 5.73 Å². The van der Waals surface area contributed by atoms with E-state index in [0.29, 0.717) is 22.5 Å². The summed E-state index contributed by atoms with van der Waals surface area (Å²) in [6, 6.07) is 5.41. The molecule has 2 N–H and O–H groups in total. The summed E-state index contributed by atoms with van der Waals surface area (Å²) in [4.78, 5) is 3.98. The Kier molecular flexibility index (Phi) is 3.22. The van der Waals surface area contributed by atoms with Gasteiger partial charge in [-0.05, 0) is 48.7 Å². The number of nitrogens with zero attached hydrogens (tertiary/aromatic N) is 1. The van der Waals surface area contributed by atoms with Gasteiger partial charge in [-0.15, -0.1) is 0 Å². The lowest BCUT2D eigenvalue weighted by molar-refractivity contribution is -0.137. The van der Waals surface area contributed by atoms with E-state index >= 15 is 0 Å². The molecule has 0 spiro atoms. The van der Waals surface area contributed by atoms with Gasteiger partial charge in [0.15, 0.2) is 0 Å². The molecule has 0 aliphatic rings. The van der Waals surface area contributed by atoms with E-state index in [9.17, 15) is 13.2 Å². The number of aryl methyl sites for hydroxylation is 2. The van der Waals surface area contributed by atoms with Crippen molar-refractivity contribution < 1.29 is 13.2 Å². The van der Waals surface area contributed by atoms with E-state index in [-0.39, 0.29) is 0 Å². The number of pyridine rings is 1. The third kappa shape index (κ3) is 2.54. The molecule has 1 aromatic carbocycles. The molecular weight excluding hydrogens is 253 g/mol. The molecule has 0 aliphatic carbocycles. The fourth-order valence-electron chi connectivity index (χ4n) is 2.05. The van der Waals surface area contributed by atoms with Gasteiger partial charge in [-0.3, -0.25) is 0 Å². The molecule has 19 heavy (non-hydrogen) atoms. The van der Waals surface area contributed by atoms with Crippen LogP contribution in [-0.4, -0.2) is 4.98 Å². The number of alkyl halides is 3. The third-order valence-corrected chi connectivity index (χ3v) is 3.01. The average Bonchev–Trinajstić information content (AvgIpc) is 2.29. The molecule has 0 unspecified atom stereocenters. The summed E-state index contributed by atoms with van der Waals surface area (Å²) in [5.74, 6) is 0.322. The van der Waals surface area contributed by atoms with Crippen LogP contribution in [0.25, 0.3) is 11.1 Å².